The standard InChI is InChI=1S/C14H12N2O/c1-9-3-4-13-12(5-9)10(2)6-14-15-11(8-17)7-16(13)14/h3-8H,1-2H3. The SMILES string of the molecule is Cc1ccc2c(c1)c(C)cc1nc(C=O)cn12. The van der Waals surface area contributed by atoms with Crippen molar-refractivity contribution in [2.75, 3.05) is 0 Å². The summed E-state index contributed by atoms with van der Waals surface area (Å²) in [6, 6.07) is 8.31. The van der Waals surface area contributed by atoms with E-state index in [1.165, 1.54) is 16.5 Å². The topological polar surface area (TPSA) is 34.4 Å². The lowest BCUT2D eigenvalue weighted by Crippen LogP contribution is -1.90. The van der Waals surface area contributed by atoms with Crippen molar-refractivity contribution in [3.63, 3.8) is 0 Å². The zero-order valence-electron chi connectivity index (χ0n) is 9.77. The maximum atomic E-state index is 10.8. The van der Waals surface area contributed by atoms with Gasteiger partial charge in [-0.3, -0.25) is 9.20 Å². The number of nitrogens with zero attached hydrogens (tertiary/aromatic N) is 2. The molecule has 0 spiro atoms. The van der Waals surface area contributed by atoms with Gasteiger partial charge in [0.1, 0.15) is 11.3 Å². The van der Waals surface area contributed by atoms with Crippen LogP contribution in [0.25, 0.3) is 16.6 Å². The molecule has 0 radical (unpaired) electrons. The number of carbonyl (C=O) groups is 1. The second-order valence-corrected chi connectivity index (χ2v) is 4.36. The second kappa shape index (κ2) is 3.42. The molecule has 0 aliphatic heterocycles. The van der Waals surface area contributed by atoms with Crippen LogP contribution in [0.3, 0.4) is 0 Å². The Morgan fingerprint density at radius 2 is 2.06 bits per heavy atom. The van der Waals surface area contributed by atoms with Gasteiger partial charge in [0, 0.05) is 11.6 Å². The van der Waals surface area contributed by atoms with E-state index in [1.807, 2.05) is 10.5 Å². The van der Waals surface area contributed by atoms with Gasteiger partial charge in [-0.15, -0.1) is 0 Å². The minimum Gasteiger partial charge on any atom is -0.299 e. The van der Waals surface area contributed by atoms with Crippen LogP contribution in [-0.4, -0.2) is 15.7 Å². The maximum Gasteiger partial charge on any atom is 0.170 e. The first kappa shape index (κ1) is 10.0. The summed E-state index contributed by atoms with van der Waals surface area (Å²) in [6.07, 6.45) is 2.56. The van der Waals surface area contributed by atoms with Crippen LogP contribution in [0.2, 0.25) is 0 Å². The first-order chi connectivity index (χ1) is 8.19. The molecule has 0 fully saturated rings. The van der Waals surface area contributed by atoms with E-state index in [1.54, 1.807) is 6.20 Å². The first-order valence-electron chi connectivity index (χ1n) is 5.53. The fourth-order valence-electron chi connectivity index (χ4n) is 2.21. The minimum absolute atomic E-state index is 0.470. The molecule has 0 unspecified atom stereocenters. The monoisotopic (exact) mass is 224 g/mol. The number of fused-ring (bicyclic) bond motifs is 3. The Bertz CT molecular complexity index is 741. The molecular weight excluding hydrogens is 212 g/mol. The van der Waals surface area contributed by atoms with E-state index in [4.69, 9.17) is 0 Å². The van der Waals surface area contributed by atoms with E-state index in [9.17, 15) is 4.79 Å². The molecule has 3 aromatic rings. The number of benzene rings is 1. The number of aldehydes is 1. The number of hydrogen-bond acceptors (Lipinski definition) is 2. The van der Waals surface area contributed by atoms with Crippen LogP contribution in [-0.2, 0) is 0 Å². The zero-order valence-corrected chi connectivity index (χ0v) is 9.77. The molecule has 3 rings (SSSR count). The predicted octanol–water partition coefficient (Wildman–Crippen LogP) is 2.92. The molecule has 1 aromatic carbocycles. The Balaban J connectivity index is 2.53. The molecule has 0 amide bonds. The summed E-state index contributed by atoms with van der Waals surface area (Å²) in [4.78, 5) is 15.0. The number of pyridine rings is 1. The van der Waals surface area contributed by atoms with Crippen LogP contribution >= 0.6 is 0 Å². The van der Waals surface area contributed by atoms with Crippen LogP contribution in [0.4, 0.5) is 0 Å². The highest BCUT2D eigenvalue weighted by Crippen LogP contribution is 2.22. The average molecular weight is 224 g/mol. The highest BCUT2D eigenvalue weighted by molar-refractivity contribution is 5.87. The zero-order chi connectivity index (χ0) is 12.0. The van der Waals surface area contributed by atoms with Crippen molar-refractivity contribution < 1.29 is 4.79 Å². The van der Waals surface area contributed by atoms with Crippen molar-refractivity contribution in [2.45, 2.75) is 13.8 Å². The van der Waals surface area contributed by atoms with E-state index < -0.39 is 0 Å². The van der Waals surface area contributed by atoms with Gasteiger partial charge in [-0.25, -0.2) is 4.98 Å². The Morgan fingerprint density at radius 1 is 1.24 bits per heavy atom. The van der Waals surface area contributed by atoms with Gasteiger partial charge in [0.2, 0.25) is 0 Å². The minimum atomic E-state index is 0.470. The third-order valence-corrected chi connectivity index (χ3v) is 3.05. The van der Waals surface area contributed by atoms with Gasteiger partial charge in [-0.05, 0) is 37.6 Å². The lowest BCUT2D eigenvalue weighted by Gasteiger charge is -2.06. The predicted molar refractivity (Wildman–Crippen MR) is 67.6 cm³/mol. The van der Waals surface area contributed by atoms with Gasteiger partial charge in [-0.1, -0.05) is 11.6 Å². The molecule has 0 bridgehead atoms. The summed E-state index contributed by atoms with van der Waals surface area (Å²) >= 11 is 0. The molecule has 3 heteroatoms. The lowest BCUT2D eigenvalue weighted by atomic mass is 10.1. The fraction of sp³-hybridized carbons (Fsp3) is 0.143. The van der Waals surface area contributed by atoms with Crippen molar-refractivity contribution in [2.24, 2.45) is 0 Å². The largest absolute Gasteiger partial charge is 0.299 e. The number of rotatable bonds is 1. The van der Waals surface area contributed by atoms with Gasteiger partial charge < -0.3 is 0 Å². The molecular formula is C14H12N2O. The number of aromatic nitrogens is 2. The summed E-state index contributed by atoms with van der Waals surface area (Å²) in [6.45, 7) is 4.14. The number of hydrogen-bond donors (Lipinski definition) is 0. The summed E-state index contributed by atoms with van der Waals surface area (Å²) < 4.78 is 1.96. The summed E-state index contributed by atoms with van der Waals surface area (Å²) in [5.74, 6) is 0. The molecule has 2 aromatic heterocycles. The van der Waals surface area contributed by atoms with E-state index in [0.717, 1.165) is 17.5 Å². The molecule has 2 heterocycles. The molecule has 3 nitrogen and oxygen atoms in total. The fourth-order valence-corrected chi connectivity index (χ4v) is 2.21. The first-order valence-corrected chi connectivity index (χ1v) is 5.53. The van der Waals surface area contributed by atoms with E-state index >= 15 is 0 Å². The average Bonchev–Trinajstić information content (AvgIpc) is 2.72. The van der Waals surface area contributed by atoms with E-state index in [0.29, 0.717) is 5.69 Å². The van der Waals surface area contributed by atoms with Gasteiger partial charge in [0.25, 0.3) is 0 Å². The van der Waals surface area contributed by atoms with E-state index in [2.05, 4.69) is 37.0 Å². The Morgan fingerprint density at radius 3 is 2.82 bits per heavy atom. The number of aryl methyl sites for hydroxylation is 2. The normalized spacial score (nSPS) is 11.2. The molecule has 0 saturated heterocycles. The van der Waals surface area contributed by atoms with E-state index in [-0.39, 0.29) is 0 Å². The van der Waals surface area contributed by atoms with Crippen LogP contribution in [0.1, 0.15) is 21.6 Å². The number of carbonyl (C=O) groups excluding carboxylic acids is 1. The van der Waals surface area contributed by atoms with Gasteiger partial charge in [-0.2, -0.15) is 0 Å². The van der Waals surface area contributed by atoms with Crippen molar-refractivity contribution in [1.29, 1.82) is 0 Å². The Labute approximate surface area is 98.7 Å². The Hall–Kier alpha value is -2.16. The smallest absolute Gasteiger partial charge is 0.170 e. The van der Waals surface area contributed by atoms with Crippen LogP contribution in [0.15, 0.2) is 30.5 Å². The molecule has 0 atom stereocenters. The lowest BCUT2D eigenvalue weighted by molar-refractivity contribution is 0.111. The molecule has 0 aliphatic rings. The van der Waals surface area contributed by atoms with Gasteiger partial charge >= 0.3 is 0 Å². The summed E-state index contributed by atoms with van der Waals surface area (Å²) in [5, 5.41) is 1.20. The van der Waals surface area contributed by atoms with Gasteiger partial charge in [0.15, 0.2) is 6.29 Å². The van der Waals surface area contributed by atoms with Crippen LogP contribution in [0, 0.1) is 13.8 Å². The van der Waals surface area contributed by atoms with Crippen molar-refractivity contribution in [3.05, 3.63) is 47.3 Å². The third kappa shape index (κ3) is 1.43. The Kier molecular flexibility index (Phi) is 2.01. The molecule has 0 saturated carbocycles. The third-order valence-electron chi connectivity index (χ3n) is 3.05. The van der Waals surface area contributed by atoms with Crippen molar-refractivity contribution in [3.8, 4) is 0 Å². The summed E-state index contributed by atoms with van der Waals surface area (Å²) in [7, 11) is 0. The second-order valence-electron chi connectivity index (χ2n) is 4.36. The highest BCUT2D eigenvalue weighted by Gasteiger charge is 2.07. The molecule has 0 N–H and O–H groups in total. The maximum absolute atomic E-state index is 10.8. The van der Waals surface area contributed by atoms with Gasteiger partial charge in [0.05, 0.1) is 5.52 Å². The van der Waals surface area contributed by atoms with Crippen LogP contribution < -0.4 is 0 Å². The molecule has 17 heavy (non-hydrogen) atoms. The van der Waals surface area contributed by atoms with Crippen LogP contribution in [0.5, 0.6) is 0 Å². The quantitative estimate of drug-likeness (QED) is 0.595. The molecule has 0 aliphatic carbocycles. The summed E-state index contributed by atoms with van der Waals surface area (Å²) in [5.41, 5.74) is 4.79. The molecule has 84 valence electrons. The van der Waals surface area contributed by atoms with Crippen molar-refractivity contribution >= 4 is 22.8 Å². The van der Waals surface area contributed by atoms with Crippen molar-refractivity contribution in [1.82, 2.24) is 9.38 Å². The highest BCUT2D eigenvalue weighted by atomic mass is 16.1. The number of imidazole rings is 1.